The number of aromatic nitrogens is 1. The Kier molecular flexibility index (Phi) is 7.24. The van der Waals surface area contributed by atoms with Gasteiger partial charge in [0.1, 0.15) is 28.8 Å². The SMILES string of the molecule is CC(=O)c1cc(C)c(O)c(Cc2[nH]c3cc(-c4ccc(F)cc4)ccc3c2Cc2c(O)c(C)cc(C(C)=O)c2O)c1O. The molecule has 0 aliphatic heterocycles. The van der Waals surface area contributed by atoms with E-state index in [1.165, 1.54) is 38.1 Å². The molecule has 1 aromatic heterocycles. The quantitative estimate of drug-likeness (QED) is 0.135. The molecule has 0 saturated carbocycles. The number of carbonyl (C=O) groups is 2. The summed E-state index contributed by atoms with van der Waals surface area (Å²) in [5, 5.41) is 44.6. The van der Waals surface area contributed by atoms with Gasteiger partial charge in [-0.2, -0.15) is 0 Å². The average molecular weight is 568 g/mol. The standard InChI is InChI=1S/C34H30FNO6/c1-16-11-24(18(3)37)33(41)27(31(16)39)14-26-23-10-7-21(20-5-8-22(35)9-6-20)13-29(23)36-30(26)15-28-32(40)17(2)12-25(19(4)38)34(28)42/h5-13,36,39-42H,14-15H2,1-4H3. The van der Waals surface area contributed by atoms with Crippen LogP contribution in [0.15, 0.2) is 54.6 Å². The first-order valence-corrected chi connectivity index (χ1v) is 13.4. The van der Waals surface area contributed by atoms with Gasteiger partial charge in [-0.25, -0.2) is 4.39 Å². The fourth-order valence-electron chi connectivity index (χ4n) is 5.44. The van der Waals surface area contributed by atoms with Crippen LogP contribution in [0.3, 0.4) is 0 Å². The van der Waals surface area contributed by atoms with Crippen LogP contribution in [0.1, 0.15) is 68.1 Å². The molecule has 0 radical (unpaired) electrons. The molecule has 0 fully saturated rings. The molecule has 5 aromatic rings. The number of phenols is 4. The van der Waals surface area contributed by atoms with Crippen molar-refractivity contribution in [3.05, 3.63) is 105 Å². The lowest BCUT2D eigenvalue weighted by molar-refractivity contribution is 0.100. The van der Waals surface area contributed by atoms with Crippen LogP contribution in [-0.2, 0) is 12.8 Å². The zero-order chi connectivity index (χ0) is 30.5. The summed E-state index contributed by atoms with van der Waals surface area (Å²) in [5.41, 5.74) is 4.79. The number of aromatic hydroxyl groups is 4. The van der Waals surface area contributed by atoms with Gasteiger partial charge in [0.2, 0.25) is 0 Å². The molecule has 0 unspecified atom stereocenters. The minimum absolute atomic E-state index is 0.0115. The summed E-state index contributed by atoms with van der Waals surface area (Å²) in [7, 11) is 0. The number of phenolic OH excluding ortho intramolecular Hbond substituents is 4. The number of nitrogens with one attached hydrogen (secondary N) is 1. The Morgan fingerprint density at radius 3 is 1.69 bits per heavy atom. The third kappa shape index (κ3) is 4.96. The maximum absolute atomic E-state index is 13.5. The number of hydrogen-bond acceptors (Lipinski definition) is 6. The number of aromatic amines is 1. The zero-order valence-corrected chi connectivity index (χ0v) is 23.6. The van der Waals surface area contributed by atoms with Gasteiger partial charge in [0.15, 0.2) is 11.6 Å². The van der Waals surface area contributed by atoms with E-state index in [0.717, 1.165) is 16.5 Å². The molecular weight excluding hydrogens is 537 g/mol. The highest BCUT2D eigenvalue weighted by molar-refractivity contribution is 5.99. The summed E-state index contributed by atoms with van der Waals surface area (Å²) in [4.78, 5) is 27.8. The number of aryl methyl sites for hydroxylation is 2. The number of hydrogen-bond donors (Lipinski definition) is 5. The van der Waals surface area contributed by atoms with Crippen molar-refractivity contribution in [2.75, 3.05) is 0 Å². The lowest BCUT2D eigenvalue weighted by Crippen LogP contribution is -2.03. The van der Waals surface area contributed by atoms with Crippen molar-refractivity contribution in [1.82, 2.24) is 4.98 Å². The molecule has 5 N–H and O–H groups in total. The molecule has 0 atom stereocenters. The summed E-state index contributed by atoms with van der Waals surface area (Å²) < 4.78 is 13.5. The maximum atomic E-state index is 13.5. The minimum atomic E-state index is -0.357. The summed E-state index contributed by atoms with van der Waals surface area (Å²) in [6, 6.07) is 14.5. The number of rotatable bonds is 7. The summed E-state index contributed by atoms with van der Waals surface area (Å²) in [6.45, 7) is 5.94. The van der Waals surface area contributed by atoms with Gasteiger partial charge < -0.3 is 25.4 Å². The predicted molar refractivity (Wildman–Crippen MR) is 158 cm³/mol. The van der Waals surface area contributed by atoms with Gasteiger partial charge in [-0.3, -0.25) is 9.59 Å². The van der Waals surface area contributed by atoms with E-state index >= 15 is 0 Å². The first-order chi connectivity index (χ1) is 19.9. The van der Waals surface area contributed by atoms with Crippen molar-refractivity contribution >= 4 is 22.5 Å². The molecule has 214 valence electrons. The maximum Gasteiger partial charge on any atom is 0.163 e. The Labute approximate surface area is 241 Å². The molecule has 0 aliphatic carbocycles. The monoisotopic (exact) mass is 567 g/mol. The van der Waals surface area contributed by atoms with Crippen molar-refractivity contribution in [2.24, 2.45) is 0 Å². The molecule has 0 saturated heterocycles. The number of ketones is 2. The first kappa shape index (κ1) is 28.4. The van der Waals surface area contributed by atoms with Crippen molar-refractivity contribution in [3.8, 4) is 34.1 Å². The second-order valence-electron chi connectivity index (χ2n) is 10.6. The van der Waals surface area contributed by atoms with E-state index in [2.05, 4.69) is 4.98 Å². The molecule has 42 heavy (non-hydrogen) atoms. The average Bonchev–Trinajstić information content (AvgIpc) is 3.28. The van der Waals surface area contributed by atoms with E-state index in [1.807, 2.05) is 18.2 Å². The number of H-pyrrole nitrogens is 1. The Morgan fingerprint density at radius 2 is 1.17 bits per heavy atom. The Balaban J connectivity index is 1.73. The summed E-state index contributed by atoms with van der Waals surface area (Å²) in [5.74, 6) is -2.03. The van der Waals surface area contributed by atoms with Gasteiger partial charge in [-0.15, -0.1) is 0 Å². The number of benzene rings is 4. The van der Waals surface area contributed by atoms with E-state index in [1.54, 1.807) is 26.0 Å². The van der Waals surface area contributed by atoms with Crippen molar-refractivity contribution in [3.63, 3.8) is 0 Å². The van der Waals surface area contributed by atoms with Crippen molar-refractivity contribution in [1.29, 1.82) is 0 Å². The van der Waals surface area contributed by atoms with Gasteiger partial charge in [0.05, 0.1) is 11.1 Å². The van der Waals surface area contributed by atoms with Crippen molar-refractivity contribution in [2.45, 2.75) is 40.5 Å². The van der Waals surface area contributed by atoms with Gasteiger partial charge in [0.25, 0.3) is 0 Å². The number of fused-ring (bicyclic) bond motifs is 1. The van der Waals surface area contributed by atoms with Crippen LogP contribution < -0.4 is 0 Å². The fourth-order valence-corrected chi connectivity index (χ4v) is 5.44. The second-order valence-corrected chi connectivity index (χ2v) is 10.6. The fraction of sp³-hybridized carbons (Fsp3) is 0.176. The molecule has 8 heteroatoms. The van der Waals surface area contributed by atoms with Crippen LogP contribution in [0.2, 0.25) is 0 Å². The molecule has 5 rings (SSSR count). The van der Waals surface area contributed by atoms with Crippen LogP contribution in [0.25, 0.3) is 22.0 Å². The zero-order valence-electron chi connectivity index (χ0n) is 23.6. The van der Waals surface area contributed by atoms with Crippen molar-refractivity contribution < 1.29 is 34.4 Å². The van der Waals surface area contributed by atoms with E-state index in [9.17, 15) is 34.4 Å². The first-order valence-electron chi connectivity index (χ1n) is 13.4. The van der Waals surface area contributed by atoms with Crippen LogP contribution in [-0.4, -0.2) is 37.0 Å². The topological polar surface area (TPSA) is 131 Å². The Bertz CT molecular complexity index is 1900. The molecule has 0 bridgehead atoms. The Morgan fingerprint density at radius 1 is 0.667 bits per heavy atom. The van der Waals surface area contributed by atoms with Gasteiger partial charge in [-0.1, -0.05) is 24.3 Å². The van der Waals surface area contributed by atoms with Crippen LogP contribution in [0.5, 0.6) is 23.0 Å². The normalized spacial score (nSPS) is 11.3. The lowest BCUT2D eigenvalue weighted by Gasteiger charge is -2.15. The minimum Gasteiger partial charge on any atom is -0.507 e. The molecule has 7 nitrogen and oxygen atoms in total. The van der Waals surface area contributed by atoms with E-state index in [-0.39, 0.29) is 75.5 Å². The van der Waals surface area contributed by atoms with E-state index in [0.29, 0.717) is 27.9 Å². The third-order valence-electron chi connectivity index (χ3n) is 7.76. The van der Waals surface area contributed by atoms with E-state index < -0.39 is 0 Å². The molecule has 0 spiro atoms. The number of carbonyl (C=O) groups excluding carboxylic acids is 2. The molecule has 4 aromatic carbocycles. The molecule has 0 amide bonds. The summed E-state index contributed by atoms with van der Waals surface area (Å²) in [6.07, 6.45) is 0.000185. The third-order valence-corrected chi connectivity index (χ3v) is 7.76. The van der Waals surface area contributed by atoms with Crippen LogP contribution in [0.4, 0.5) is 4.39 Å². The van der Waals surface area contributed by atoms with Crippen LogP contribution in [0, 0.1) is 19.7 Å². The highest BCUT2D eigenvalue weighted by atomic mass is 19.1. The molecular formula is C34H30FNO6. The molecule has 0 aliphatic rings. The number of Topliss-reactive ketones (excluding diaryl/α,β-unsaturated/α-hetero) is 2. The Hall–Kier alpha value is -5.11. The van der Waals surface area contributed by atoms with E-state index in [4.69, 9.17) is 0 Å². The lowest BCUT2D eigenvalue weighted by atomic mass is 9.92. The van der Waals surface area contributed by atoms with Gasteiger partial charge in [0, 0.05) is 40.6 Å². The van der Waals surface area contributed by atoms with Crippen LogP contribution >= 0.6 is 0 Å². The molecule has 1 heterocycles. The highest BCUT2D eigenvalue weighted by Crippen LogP contribution is 2.41. The predicted octanol–water partition coefficient (Wildman–Crippen LogP) is 7.00. The van der Waals surface area contributed by atoms with Gasteiger partial charge >= 0.3 is 0 Å². The smallest absolute Gasteiger partial charge is 0.163 e. The summed E-state index contributed by atoms with van der Waals surface area (Å²) >= 11 is 0. The largest absolute Gasteiger partial charge is 0.507 e. The second kappa shape index (κ2) is 10.7. The van der Waals surface area contributed by atoms with Gasteiger partial charge in [-0.05, 0) is 85.8 Å². The number of halogens is 1. The highest BCUT2D eigenvalue weighted by Gasteiger charge is 2.24.